The lowest BCUT2D eigenvalue weighted by Crippen LogP contribution is -2.24. The number of hydrogen-bond donors (Lipinski definition) is 1. The summed E-state index contributed by atoms with van der Waals surface area (Å²) in [6.45, 7) is -2.14. The van der Waals surface area contributed by atoms with Crippen LogP contribution in [0.5, 0.6) is 0 Å². The first kappa shape index (κ1) is 11.5. The Morgan fingerprint density at radius 2 is 2.08 bits per heavy atom. The zero-order valence-corrected chi connectivity index (χ0v) is 6.52. The molecule has 0 rings (SSSR count). The van der Waals surface area contributed by atoms with E-state index in [1.165, 1.54) is 0 Å². The summed E-state index contributed by atoms with van der Waals surface area (Å²) in [6, 6.07) is 0. The Morgan fingerprint density at radius 1 is 1.58 bits per heavy atom. The summed E-state index contributed by atoms with van der Waals surface area (Å²) in [5.74, 6) is -1.40. The number of halogens is 4. The first-order valence-corrected chi connectivity index (χ1v) is 3.28. The molecule has 3 nitrogen and oxygen atoms in total. The fraction of sp³-hybridized carbons (Fsp3) is 0.800. The van der Waals surface area contributed by atoms with Gasteiger partial charge in [-0.3, -0.25) is 4.79 Å². The molecule has 0 bridgehead atoms. The number of alkyl halides is 4. The van der Waals surface area contributed by atoms with Crippen molar-refractivity contribution in [3.8, 4) is 0 Å². The standard InChI is InChI=1S/C5H6ClF3O3/c6-3(4(10)11)1-12-2-5(7,8)9/h3H,1-2H2,(H,10,11). The molecule has 0 aliphatic carbocycles. The van der Waals surface area contributed by atoms with Gasteiger partial charge in [0.25, 0.3) is 0 Å². The number of aliphatic carboxylic acids is 1. The van der Waals surface area contributed by atoms with Crippen molar-refractivity contribution in [1.29, 1.82) is 0 Å². The first-order chi connectivity index (χ1) is 5.33. The molecule has 0 heterocycles. The number of ether oxygens (including phenoxy) is 1. The van der Waals surface area contributed by atoms with Crippen LogP contribution in [0.2, 0.25) is 0 Å². The van der Waals surface area contributed by atoms with Gasteiger partial charge in [-0.1, -0.05) is 0 Å². The molecule has 0 aliphatic heterocycles. The lowest BCUT2D eigenvalue weighted by molar-refractivity contribution is -0.175. The second-order valence-corrected chi connectivity index (χ2v) is 2.46. The topological polar surface area (TPSA) is 46.5 Å². The minimum Gasteiger partial charge on any atom is -0.480 e. The molecular weight excluding hydrogens is 200 g/mol. The SMILES string of the molecule is O=C(O)C(Cl)COCC(F)(F)F. The van der Waals surface area contributed by atoms with Gasteiger partial charge in [0.15, 0.2) is 5.38 Å². The predicted molar refractivity (Wildman–Crippen MR) is 34.2 cm³/mol. The van der Waals surface area contributed by atoms with Crippen molar-refractivity contribution in [3.63, 3.8) is 0 Å². The first-order valence-electron chi connectivity index (χ1n) is 2.84. The molecule has 0 spiro atoms. The van der Waals surface area contributed by atoms with Crippen molar-refractivity contribution < 1.29 is 27.8 Å². The van der Waals surface area contributed by atoms with Crippen molar-refractivity contribution in [2.45, 2.75) is 11.6 Å². The highest BCUT2D eigenvalue weighted by Crippen LogP contribution is 2.14. The Kier molecular flexibility index (Phi) is 4.33. The normalized spacial score (nSPS) is 14.3. The average Bonchev–Trinajstić information content (AvgIpc) is 1.84. The number of carbonyl (C=O) groups is 1. The Labute approximate surface area is 71.1 Å². The summed E-state index contributed by atoms with van der Waals surface area (Å²) in [4.78, 5) is 9.96. The van der Waals surface area contributed by atoms with Crippen LogP contribution in [-0.2, 0) is 9.53 Å². The highest BCUT2D eigenvalue weighted by atomic mass is 35.5. The van der Waals surface area contributed by atoms with Crippen LogP contribution in [0.1, 0.15) is 0 Å². The van der Waals surface area contributed by atoms with Crippen molar-refractivity contribution in [2.24, 2.45) is 0 Å². The molecule has 0 fully saturated rings. The van der Waals surface area contributed by atoms with Crippen molar-refractivity contribution >= 4 is 17.6 Å². The minimum absolute atomic E-state index is 0.656. The third-order valence-corrected chi connectivity index (χ3v) is 1.11. The number of carboxylic acid groups (broad SMARTS) is 1. The Morgan fingerprint density at radius 3 is 2.42 bits per heavy atom. The second kappa shape index (κ2) is 4.51. The molecule has 0 saturated carbocycles. The smallest absolute Gasteiger partial charge is 0.411 e. The molecule has 0 aromatic heterocycles. The van der Waals surface area contributed by atoms with E-state index in [4.69, 9.17) is 16.7 Å². The number of rotatable bonds is 4. The molecule has 0 aliphatic rings. The molecule has 0 aromatic rings. The van der Waals surface area contributed by atoms with E-state index in [1.807, 2.05) is 0 Å². The number of hydrogen-bond acceptors (Lipinski definition) is 2. The summed E-state index contributed by atoms with van der Waals surface area (Å²) < 4.78 is 38.2. The van der Waals surface area contributed by atoms with Gasteiger partial charge in [0.1, 0.15) is 6.61 Å². The summed E-state index contributed by atoms with van der Waals surface area (Å²) in [5, 5.41) is 6.68. The zero-order valence-electron chi connectivity index (χ0n) is 5.77. The van der Waals surface area contributed by atoms with Gasteiger partial charge in [0.05, 0.1) is 6.61 Å². The van der Waals surface area contributed by atoms with E-state index in [9.17, 15) is 18.0 Å². The molecular formula is C5H6ClF3O3. The molecule has 0 radical (unpaired) electrons. The molecule has 72 valence electrons. The lowest BCUT2D eigenvalue weighted by Gasteiger charge is -2.08. The molecule has 1 unspecified atom stereocenters. The van der Waals surface area contributed by atoms with Gasteiger partial charge in [-0.2, -0.15) is 13.2 Å². The van der Waals surface area contributed by atoms with Gasteiger partial charge in [-0.05, 0) is 0 Å². The summed E-state index contributed by atoms with van der Waals surface area (Å²) >= 11 is 5.05. The van der Waals surface area contributed by atoms with Crippen LogP contribution < -0.4 is 0 Å². The molecule has 1 atom stereocenters. The zero-order chi connectivity index (χ0) is 9.78. The minimum atomic E-state index is -4.45. The van der Waals surface area contributed by atoms with Gasteiger partial charge < -0.3 is 9.84 Å². The van der Waals surface area contributed by atoms with Crippen LogP contribution in [0.25, 0.3) is 0 Å². The molecule has 12 heavy (non-hydrogen) atoms. The summed E-state index contributed by atoms with van der Waals surface area (Å²) in [7, 11) is 0. The maximum Gasteiger partial charge on any atom is 0.411 e. The van der Waals surface area contributed by atoms with E-state index in [2.05, 4.69) is 4.74 Å². The van der Waals surface area contributed by atoms with Crippen LogP contribution >= 0.6 is 11.6 Å². The van der Waals surface area contributed by atoms with E-state index < -0.39 is 30.7 Å². The largest absolute Gasteiger partial charge is 0.480 e. The van der Waals surface area contributed by atoms with Crippen LogP contribution in [0, 0.1) is 0 Å². The van der Waals surface area contributed by atoms with E-state index >= 15 is 0 Å². The van der Waals surface area contributed by atoms with E-state index in [1.54, 1.807) is 0 Å². The van der Waals surface area contributed by atoms with Gasteiger partial charge in [-0.25, -0.2) is 0 Å². The van der Waals surface area contributed by atoms with Gasteiger partial charge >= 0.3 is 12.1 Å². The molecule has 7 heteroatoms. The number of carboxylic acids is 1. The van der Waals surface area contributed by atoms with Crippen molar-refractivity contribution in [1.82, 2.24) is 0 Å². The molecule has 0 saturated heterocycles. The lowest BCUT2D eigenvalue weighted by atomic mass is 10.4. The Bertz CT molecular complexity index is 159. The van der Waals surface area contributed by atoms with Crippen LogP contribution in [-0.4, -0.2) is 35.8 Å². The Hall–Kier alpha value is -0.490. The highest BCUT2D eigenvalue weighted by Gasteiger charge is 2.28. The van der Waals surface area contributed by atoms with Crippen LogP contribution in [0.3, 0.4) is 0 Å². The fourth-order valence-electron chi connectivity index (χ4n) is 0.349. The maximum atomic E-state index is 11.4. The van der Waals surface area contributed by atoms with Crippen molar-refractivity contribution in [3.05, 3.63) is 0 Å². The molecule has 0 amide bonds. The van der Waals surface area contributed by atoms with Gasteiger partial charge in [-0.15, -0.1) is 11.6 Å². The van der Waals surface area contributed by atoms with Gasteiger partial charge in [0.2, 0.25) is 0 Å². The summed E-state index contributed by atoms with van der Waals surface area (Å²) in [5.41, 5.74) is 0. The quantitative estimate of drug-likeness (QED) is 0.705. The Balaban J connectivity index is 3.51. The van der Waals surface area contributed by atoms with E-state index in [-0.39, 0.29) is 0 Å². The highest BCUT2D eigenvalue weighted by molar-refractivity contribution is 6.29. The van der Waals surface area contributed by atoms with E-state index in [0.29, 0.717) is 0 Å². The molecule has 0 aromatic carbocycles. The van der Waals surface area contributed by atoms with Crippen LogP contribution in [0.4, 0.5) is 13.2 Å². The fourth-order valence-corrected chi connectivity index (χ4v) is 0.438. The van der Waals surface area contributed by atoms with Crippen molar-refractivity contribution in [2.75, 3.05) is 13.2 Å². The monoisotopic (exact) mass is 206 g/mol. The van der Waals surface area contributed by atoms with Gasteiger partial charge in [0, 0.05) is 0 Å². The third kappa shape index (κ3) is 6.23. The van der Waals surface area contributed by atoms with E-state index in [0.717, 1.165) is 0 Å². The van der Waals surface area contributed by atoms with Crippen LogP contribution in [0.15, 0.2) is 0 Å². The predicted octanol–water partition coefficient (Wildman–Crippen LogP) is 1.26. The maximum absolute atomic E-state index is 11.4. The summed E-state index contributed by atoms with van der Waals surface area (Å²) in [6.07, 6.45) is -4.45. The molecule has 1 N–H and O–H groups in total. The second-order valence-electron chi connectivity index (χ2n) is 1.94. The average molecular weight is 207 g/mol. The third-order valence-electron chi connectivity index (χ3n) is 0.798.